The highest BCUT2D eigenvalue weighted by Crippen LogP contribution is 2.35. The SMILES string of the molecule is CCOC(=O)c1cn(-c2cc(NC(=O)OC(C)(C)C)c(F)cc2F)c2c(C)c(F)c(F)c([N+](=O)[O-])c2c1=O. The zero-order chi connectivity index (χ0) is 28.7. The number of hydrogen-bond acceptors (Lipinski definition) is 7. The lowest BCUT2D eigenvalue weighted by Crippen LogP contribution is -2.27. The number of nitrogens with zero attached hydrogens (tertiary/aromatic N) is 2. The maximum absolute atomic E-state index is 15.1. The van der Waals surface area contributed by atoms with Crippen LogP contribution in [0.2, 0.25) is 0 Å². The average molecular weight is 539 g/mol. The quantitative estimate of drug-likeness (QED) is 0.202. The smallest absolute Gasteiger partial charge is 0.412 e. The minimum Gasteiger partial charge on any atom is -0.462 e. The van der Waals surface area contributed by atoms with Crippen LogP contribution in [0.25, 0.3) is 16.6 Å². The van der Waals surface area contributed by atoms with Gasteiger partial charge in [-0.3, -0.25) is 20.2 Å². The Morgan fingerprint density at radius 3 is 2.29 bits per heavy atom. The van der Waals surface area contributed by atoms with Gasteiger partial charge in [0.2, 0.25) is 11.2 Å². The summed E-state index contributed by atoms with van der Waals surface area (Å²) in [5.41, 5.74) is -7.47. The molecule has 0 unspecified atom stereocenters. The molecule has 202 valence electrons. The van der Waals surface area contributed by atoms with Crippen molar-refractivity contribution in [1.29, 1.82) is 0 Å². The van der Waals surface area contributed by atoms with Crippen LogP contribution in [-0.4, -0.2) is 33.8 Å². The maximum atomic E-state index is 15.1. The van der Waals surface area contributed by atoms with Gasteiger partial charge in [-0.2, -0.15) is 4.39 Å². The highest BCUT2D eigenvalue weighted by atomic mass is 19.2. The Morgan fingerprint density at radius 1 is 1.11 bits per heavy atom. The van der Waals surface area contributed by atoms with Crippen molar-refractivity contribution in [2.75, 3.05) is 11.9 Å². The molecule has 0 radical (unpaired) electrons. The normalized spacial score (nSPS) is 11.4. The molecular weight excluding hydrogens is 518 g/mol. The van der Waals surface area contributed by atoms with E-state index in [1.54, 1.807) is 0 Å². The van der Waals surface area contributed by atoms with E-state index in [1.165, 1.54) is 27.7 Å². The predicted octanol–water partition coefficient (Wildman–Crippen LogP) is 5.29. The van der Waals surface area contributed by atoms with Gasteiger partial charge >= 0.3 is 17.7 Å². The molecule has 1 amide bonds. The number of esters is 1. The fourth-order valence-electron chi connectivity index (χ4n) is 3.63. The summed E-state index contributed by atoms with van der Waals surface area (Å²) in [7, 11) is 0. The number of fused-ring (bicyclic) bond motifs is 1. The average Bonchev–Trinajstić information content (AvgIpc) is 2.78. The van der Waals surface area contributed by atoms with E-state index in [0.717, 1.165) is 13.0 Å². The van der Waals surface area contributed by atoms with Gasteiger partial charge in [0, 0.05) is 17.8 Å². The molecule has 3 rings (SSSR count). The van der Waals surface area contributed by atoms with E-state index in [-0.39, 0.29) is 6.61 Å². The van der Waals surface area contributed by atoms with Gasteiger partial charge in [-0.15, -0.1) is 0 Å². The first-order chi connectivity index (χ1) is 17.6. The summed E-state index contributed by atoms with van der Waals surface area (Å²) in [6.45, 7) is 6.73. The standard InChI is InChI=1S/C24H21F4N3O7/c1-6-37-22(33)11-9-30(19-10(2)17(27)18(28)20(31(35)36)16(19)21(11)32)15-8-14(12(25)7-13(15)26)29-23(34)38-24(3,4)5/h7-9H,6H2,1-5H3,(H,29,34). The number of benzene rings is 2. The van der Waals surface area contributed by atoms with Gasteiger partial charge in [0.25, 0.3) is 0 Å². The fourth-order valence-corrected chi connectivity index (χ4v) is 3.63. The maximum Gasteiger partial charge on any atom is 0.412 e. The van der Waals surface area contributed by atoms with Crippen molar-refractivity contribution in [1.82, 2.24) is 4.57 Å². The number of anilines is 1. The van der Waals surface area contributed by atoms with Crippen molar-refractivity contribution in [3.63, 3.8) is 0 Å². The van der Waals surface area contributed by atoms with Crippen LogP contribution in [-0.2, 0) is 9.47 Å². The van der Waals surface area contributed by atoms with Gasteiger partial charge in [0.15, 0.2) is 5.82 Å². The molecule has 3 aromatic rings. The van der Waals surface area contributed by atoms with Crippen LogP contribution in [0.5, 0.6) is 0 Å². The van der Waals surface area contributed by atoms with Gasteiger partial charge in [-0.25, -0.2) is 22.8 Å². The summed E-state index contributed by atoms with van der Waals surface area (Å²) in [4.78, 5) is 48.1. The van der Waals surface area contributed by atoms with Crippen LogP contribution in [0.15, 0.2) is 23.1 Å². The van der Waals surface area contributed by atoms with Crippen molar-refractivity contribution >= 4 is 34.3 Å². The number of halogens is 4. The monoisotopic (exact) mass is 539 g/mol. The number of aryl methyl sites for hydroxylation is 1. The molecular formula is C24H21F4N3O7. The minimum absolute atomic E-state index is 0.232. The van der Waals surface area contributed by atoms with Gasteiger partial charge in [0.05, 0.1) is 28.4 Å². The summed E-state index contributed by atoms with van der Waals surface area (Å²) in [6, 6.07) is 1.06. The Bertz CT molecular complexity index is 1560. The number of ether oxygens (including phenoxy) is 2. The first kappa shape index (κ1) is 28.1. The molecule has 1 aromatic heterocycles. The molecule has 0 spiro atoms. The molecule has 0 aliphatic carbocycles. The minimum atomic E-state index is -1.98. The highest BCUT2D eigenvalue weighted by molar-refractivity contribution is 5.99. The number of carbonyl (C=O) groups is 2. The first-order valence-corrected chi connectivity index (χ1v) is 11.0. The Labute approximate surface area is 211 Å². The molecule has 14 heteroatoms. The second-order valence-electron chi connectivity index (χ2n) is 8.96. The van der Waals surface area contributed by atoms with E-state index in [1.807, 2.05) is 0 Å². The molecule has 10 nitrogen and oxygen atoms in total. The molecule has 0 fully saturated rings. The van der Waals surface area contributed by atoms with E-state index in [4.69, 9.17) is 9.47 Å². The van der Waals surface area contributed by atoms with Crippen molar-refractivity contribution in [2.24, 2.45) is 0 Å². The second-order valence-corrected chi connectivity index (χ2v) is 8.96. The number of rotatable bonds is 5. The molecule has 0 aliphatic heterocycles. The van der Waals surface area contributed by atoms with Crippen molar-refractivity contribution < 1.29 is 41.5 Å². The van der Waals surface area contributed by atoms with Gasteiger partial charge in [-0.1, -0.05) is 0 Å². The molecule has 2 aromatic carbocycles. The Morgan fingerprint density at radius 2 is 1.74 bits per heavy atom. The summed E-state index contributed by atoms with van der Waals surface area (Å²) in [6.07, 6.45) is -0.421. The molecule has 0 bridgehead atoms. The molecule has 1 heterocycles. The summed E-state index contributed by atoms with van der Waals surface area (Å²) < 4.78 is 69.5. The number of pyridine rings is 1. The number of carbonyl (C=O) groups excluding carboxylic acids is 2. The van der Waals surface area contributed by atoms with Crippen LogP contribution in [0.4, 0.5) is 33.7 Å². The Kier molecular flexibility index (Phi) is 7.47. The Hall–Kier alpha value is -4.49. The lowest BCUT2D eigenvalue weighted by Gasteiger charge is -2.21. The zero-order valence-corrected chi connectivity index (χ0v) is 20.7. The first-order valence-electron chi connectivity index (χ1n) is 11.0. The molecule has 0 aliphatic rings. The van der Waals surface area contributed by atoms with E-state index in [2.05, 4.69) is 5.32 Å². The summed E-state index contributed by atoms with van der Waals surface area (Å²) in [5, 5.41) is 12.7. The number of nitro groups is 1. The van der Waals surface area contributed by atoms with E-state index >= 15 is 4.39 Å². The molecule has 1 N–H and O–H groups in total. The molecule has 0 saturated carbocycles. The summed E-state index contributed by atoms with van der Waals surface area (Å²) >= 11 is 0. The van der Waals surface area contributed by atoms with Crippen LogP contribution >= 0.6 is 0 Å². The van der Waals surface area contributed by atoms with Crippen LogP contribution in [0, 0.1) is 40.3 Å². The third-order valence-electron chi connectivity index (χ3n) is 5.14. The van der Waals surface area contributed by atoms with Crippen molar-refractivity contribution in [3.05, 3.63) is 73.1 Å². The van der Waals surface area contributed by atoms with Crippen LogP contribution < -0.4 is 10.7 Å². The van der Waals surface area contributed by atoms with Crippen molar-refractivity contribution in [2.45, 2.75) is 40.2 Å². The lowest BCUT2D eigenvalue weighted by atomic mass is 10.0. The van der Waals surface area contributed by atoms with E-state index in [9.17, 15) is 37.7 Å². The van der Waals surface area contributed by atoms with E-state index < -0.39 is 90.4 Å². The van der Waals surface area contributed by atoms with Gasteiger partial charge in [0.1, 0.15) is 28.2 Å². The predicted molar refractivity (Wildman–Crippen MR) is 127 cm³/mol. The third-order valence-corrected chi connectivity index (χ3v) is 5.14. The van der Waals surface area contributed by atoms with Crippen molar-refractivity contribution in [3.8, 4) is 5.69 Å². The highest BCUT2D eigenvalue weighted by Gasteiger charge is 2.33. The van der Waals surface area contributed by atoms with E-state index in [0.29, 0.717) is 16.8 Å². The fraction of sp³-hybridized carbons (Fsp3) is 0.292. The number of nitrogens with one attached hydrogen (secondary N) is 1. The van der Waals surface area contributed by atoms with Gasteiger partial charge in [-0.05, 0) is 40.7 Å². The molecule has 0 saturated heterocycles. The Balaban J connectivity index is 2.47. The number of aromatic nitrogens is 1. The summed E-state index contributed by atoms with van der Waals surface area (Å²) in [5.74, 6) is -7.58. The number of nitro benzene ring substituents is 1. The molecule has 0 atom stereocenters. The number of hydrogen-bond donors (Lipinski definition) is 1. The largest absolute Gasteiger partial charge is 0.462 e. The van der Waals surface area contributed by atoms with Crippen LogP contribution in [0.3, 0.4) is 0 Å². The third kappa shape index (κ3) is 5.14. The topological polar surface area (TPSA) is 130 Å². The number of amides is 1. The lowest BCUT2D eigenvalue weighted by molar-refractivity contribution is -0.386. The van der Waals surface area contributed by atoms with Gasteiger partial charge < -0.3 is 14.0 Å². The zero-order valence-electron chi connectivity index (χ0n) is 20.7. The second kappa shape index (κ2) is 10.1. The molecule has 38 heavy (non-hydrogen) atoms. The van der Waals surface area contributed by atoms with Crippen LogP contribution in [0.1, 0.15) is 43.6 Å².